The lowest BCUT2D eigenvalue weighted by Gasteiger charge is -2.30. The van der Waals surface area contributed by atoms with Gasteiger partial charge in [-0.05, 0) is 46.6 Å². The molecule has 0 unspecified atom stereocenters. The fourth-order valence-corrected chi connectivity index (χ4v) is 3.13. The molecule has 0 aliphatic rings. The van der Waals surface area contributed by atoms with E-state index in [4.69, 9.17) is 5.73 Å². The first-order valence-corrected chi connectivity index (χ1v) is 7.24. The van der Waals surface area contributed by atoms with Crippen molar-refractivity contribution < 1.29 is 0 Å². The van der Waals surface area contributed by atoms with Gasteiger partial charge in [-0.25, -0.2) is 0 Å². The lowest BCUT2D eigenvalue weighted by molar-refractivity contribution is 0.185. The molecule has 92 valence electrons. The molecule has 1 aromatic rings. The van der Waals surface area contributed by atoms with Gasteiger partial charge in [0, 0.05) is 18.0 Å². The summed E-state index contributed by atoms with van der Waals surface area (Å²) in [5.41, 5.74) is 5.97. The Balaban J connectivity index is 2.55. The Kier molecular flexibility index (Phi) is 5.44. The van der Waals surface area contributed by atoms with Crippen LogP contribution in [0.3, 0.4) is 0 Å². The van der Waals surface area contributed by atoms with Gasteiger partial charge in [-0.15, -0.1) is 11.3 Å². The van der Waals surface area contributed by atoms with E-state index in [-0.39, 0.29) is 5.41 Å². The molecular formula is C12H21BrN2S. The third kappa shape index (κ3) is 4.53. The van der Waals surface area contributed by atoms with Crippen LogP contribution in [-0.2, 0) is 6.54 Å². The van der Waals surface area contributed by atoms with Gasteiger partial charge in [-0.1, -0.05) is 20.8 Å². The van der Waals surface area contributed by atoms with Gasteiger partial charge in [0.2, 0.25) is 0 Å². The number of thiophene rings is 1. The Morgan fingerprint density at radius 2 is 2.12 bits per heavy atom. The number of nitrogens with zero attached hydrogens (tertiary/aromatic N) is 1. The van der Waals surface area contributed by atoms with Crippen molar-refractivity contribution in [2.24, 2.45) is 11.1 Å². The molecule has 0 fully saturated rings. The maximum absolute atomic E-state index is 5.78. The topological polar surface area (TPSA) is 29.3 Å². The molecule has 0 atom stereocenters. The number of nitrogens with two attached hydrogens (primary N) is 1. The standard InChI is InChI=1S/C12H21BrN2S/c1-4-15(9-12(2,3)8-14)7-10-5-6-11(13)16-10/h5-6H,4,7-9,14H2,1-3H3. The minimum atomic E-state index is 0.199. The molecule has 0 spiro atoms. The number of hydrogen-bond donors (Lipinski definition) is 1. The van der Waals surface area contributed by atoms with Gasteiger partial charge in [0.1, 0.15) is 0 Å². The summed E-state index contributed by atoms with van der Waals surface area (Å²) in [7, 11) is 0. The highest BCUT2D eigenvalue weighted by Gasteiger charge is 2.19. The zero-order valence-electron chi connectivity index (χ0n) is 10.3. The highest BCUT2D eigenvalue weighted by Crippen LogP contribution is 2.24. The van der Waals surface area contributed by atoms with E-state index < -0.39 is 0 Å². The third-order valence-electron chi connectivity index (χ3n) is 2.66. The highest BCUT2D eigenvalue weighted by atomic mass is 79.9. The first-order valence-electron chi connectivity index (χ1n) is 5.63. The monoisotopic (exact) mass is 304 g/mol. The molecule has 2 nitrogen and oxygen atoms in total. The second-order valence-electron chi connectivity index (χ2n) is 4.88. The van der Waals surface area contributed by atoms with Crippen LogP contribution in [0, 0.1) is 5.41 Å². The largest absolute Gasteiger partial charge is 0.330 e. The van der Waals surface area contributed by atoms with Gasteiger partial charge < -0.3 is 5.73 Å². The predicted molar refractivity (Wildman–Crippen MR) is 75.8 cm³/mol. The highest BCUT2D eigenvalue weighted by molar-refractivity contribution is 9.11. The molecule has 0 saturated carbocycles. The molecule has 0 aliphatic heterocycles. The molecule has 0 bridgehead atoms. The molecular weight excluding hydrogens is 284 g/mol. The van der Waals surface area contributed by atoms with Crippen molar-refractivity contribution in [2.45, 2.75) is 27.3 Å². The summed E-state index contributed by atoms with van der Waals surface area (Å²) in [6.07, 6.45) is 0. The average Bonchev–Trinajstić information content (AvgIpc) is 2.63. The molecule has 4 heteroatoms. The third-order valence-corrected chi connectivity index (χ3v) is 4.27. The molecule has 0 amide bonds. The summed E-state index contributed by atoms with van der Waals surface area (Å²) in [6, 6.07) is 4.30. The fraction of sp³-hybridized carbons (Fsp3) is 0.667. The molecule has 1 aromatic heterocycles. The SMILES string of the molecule is CCN(Cc1ccc(Br)s1)CC(C)(C)CN. The average molecular weight is 305 g/mol. The molecule has 0 aromatic carbocycles. The zero-order chi connectivity index (χ0) is 12.2. The van der Waals surface area contributed by atoms with Crippen LogP contribution in [0.1, 0.15) is 25.6 Å². The zero-order valence-corrected chi connectivity index (χ0v) is 12.7. The van der Waals surface area contributed by atoms with Crippen molar-refractivity contribution in [3.63, 3.8) is 0 Å². The van der Waals surface area contributed by atoms with Crippen LogP contribution < -0.4 is 5.73 Å². The quantitative estimate of drug-likeness (QED) is 0.873. The van der Waals surface area contributed by atoms with E-state index in [1.54, 1.807) is 0 Å². The van der Waals surface area contributed by atoms with Gasteiger partial charge in [0.15, 0.2) is 0 Å². The van der Waals surface area contributed by atoms with E-state index in [1.165, 1.54) is 8.66 Å². The number of rotatable bonds is 6. The predicted octanol–water partition coefficient (Wildman–Crippen LogP) is 3.32. The van der Waals surface area contributed by atoms with E-state index >= 15 is 0 Å². The minimum Gasteiger partial charge on any atom is -0.330 e. The minimum absolute atomic E-state index is 0.199. The van der Waals surface area contributed by atoms with Crippen molar-refractivity contribution >= 4 is 27.3 Å². The molecule has 16 heavy (non-hydrogen) atoms. The van der Waals surface area contributed by atoms with E-state index in [0.29, 0.717) is 0 Å². The number of halogens is 1. The molecule has 0 aliphatic carbocycles. The lowest BCUT2D eigenvalue weighted by atomic mass is 9.93. The molecule has 1 rings (SSSR count). The Morgan fingerprint density at radius 1 is 1.44 bits per heavy atom. The lowest BCUT2D eigenvalue weighted by Crippen LogP contribution is -2.38. The van der Waals surface area contributed by atoms with Crippen molar-refractivity contribution in [1.82, 2.24) is 4.90 Å². The first kappa shape index (κ1) is 14.2. The van der Waals surface area contributed by atoms with Crippen molar-refractivity contribution in [1.29, 1.82) is 0 Å². The van der Waals surface area contributed by atoms with Gasteiger partial charge in [0.05, 0.1) is 3.79 Å². The summed E-state index contributed by atoms with van der Waals surface area (Å²) >= 11 is 5.31. The van der Waals surface area contributed by atoms with Crippen LogP contribution in [-0.4, -0.2) is 24.5 Å². The van der Waals surface area contributed by atoms with Crippen LogP contribution in [0.4, 0.5) is 0 Å². The van der Waals surface area contributed by atoms with Gasteiger partial charge in [-0.3, -0.25) is 4.90 Å². The van der Waals surface area contributed by atoms with Gasteiger partial charge in [0.25, 0.3) is 0 Å². The van der Waals surface area contributed by atoms with Crippen LogP contribution in [0.15, 0.2) is 15.9 Å². The summed E-state index contributed by atoms with van der Waals surface area (Å²) in [5, 5.41) is 0. The van der Waals surface area contributed by atoms with E-state index in [9.17, 15) is 0 Å². The summed E-state index contributed by atoms with van der Waals surface area (Å²) in [4.78, 5) is 3.85. The Morgan fingerprint density at radius 3 is 2.56 bits per heavy atom. The second-order valence-corrected chi connectivity index (χ2v) is 7.42. The van der Waals surface area contributed by atoms with E-state index in [1.807, 2.05) is 11.3 Å². The van der Waals surface area contributed by atoms with E-state index in [0.717, 1.165) is 26.2 Å². The van der Waals surface area contributed by atoms with Crippen molar-refractivity contribution in [3.8, 4) is 0 Å². The van der Waals surface area contributed by atoms with Crippen molar-refractivity contribution in [2.75, 3.05) is 19.6 Å². The first-order chi connectivity index (χ1) is 7.46. The maximum Gasteiger partial charge on any atom is 0.0701 e. The molecule has 1 heterocycles. The molecule has 0 saturated heterocycles. The van der Waals surface area contributed by atoms with Crippen LogP contribution >= 0.6 is 27.3 Å². The fourth-order valence-electron chi connectivity index (χ4n) is 1.61. The molecule has 0 radical (unpaired) electrons. The van der Waals surface area contributed by atoms with Gasteiger partial charge >= 0.3 is 0 Å². The Hall–Kier alpha value is 0.1000. The van der Waals surface area contributed by atoms with Crippen molar-refractivity contribution in [3.05, 3.63) is 20.8 Å². The van der Waals surface area contributed by atoms with Gasteiger partial charge in [-0.2, -0.15) is 0 Å². The smallest absolute Gasteiger partial charge is 0.0701 e. The Bertz CT molecular complexity index is 323. The van der Waals surface area contributed by atoms with E-state index in [2.05, 4.69) is 53.7 Å². The van der Waals surface area contributed by atoms with Crippen LogP contribution in [0.5, 0.6) is 0 Å². The maximum atomic E-state index is 5.78. The normalized spacial score (nSPS) is 12.4. The second kappa shape index (κ2) is 6.15. The summed E-state index contributed by atoms with van der Waals surface area (Å²) < 4.78 is 1.21. The van der Waals surface area contributed by atoms with Crippen LogP contribution in [0.25, 0.3) is 0 Å². The summed E-state index contributed by atoms with van der Waals surface area (Å²) in [6.45, 7) is 10.5. The summed E-state index contributed by atoms with van der Waals surface area (Å²) in [5.74, 6) is 0. The number of hydrogen-bond acceptors (Lipinski definition) is 3. The van der Waals surface area contributed by atoms with Crippen LogP contribution in [0.2, 0.25) is 0 Å². The molecule has 2 N–H and O–H groups in total. The Labute approximate surface area is 111 Å².